The van der Waals surface area contributed by atoms with Crippen molar-refractivity contribution in [3.8, 4) is 0 Å². The van der Waals surface area contributed by atoms with E-state index < -0.39 is 0 Å². The first-order chi connectivity index (χ1) is 6.26. The zero-order chi connectivity index (χ0) is 9.31. The summed E-state index contributed by atoms with van der Waals surface area (Å²) in [6.45, 7) is 2.26. The van der Waals surface area contributed by atoms with Gasteiger partial charge in [0.15, 0.2) is 0 Å². The Kier molecular flexibility index (Phi) is 2.61. The lowest BCUT2D eigenvalue weighted by Gasteiger charge is -2.45. The molecule has 2 fully saturated rings. The van der Waals surface area contributed by atoms with Gasteiger partial charge >= 0.3 is 0 Å². The van der Waals surface area contributed by atoms with E-state index in [1.165, 1.54) is 38.5 Å². The zero-order valence-electron chi connectivity index (χ0n) is 8.55. The maximum Gasteiger partial charge on any atom is 0.0693 e. The van der Waals surface area contributed by atoms with Crippen LogP contribution in [0.1, 0.15) is 51.9 Å². The first kappa shape index (κ1) is 9.47. The van der Waals surface area contributed by atoms with E-state index in [1.807, 2.05) is 0 Å². The second kappa shape index (κ2) is 3.58. The van der Waals surface area contributed by atoms with Crippen molar-refractivity contribution in [2.45, 2.75) is 69.6 Å². The molecule has 2 atom stereocenters. The van der Waals surface area contributed by atoms with Crippen LogP contribution >= 0.6 is 0 Å². The van der Waals surface area contributed by atoms with Gasteiger partial charge in [-0.15, -0.1) is 0 Å². The summed E-state index contributed by atoms with van der Waals surface area (Å²) in [6.07, 6.45) is 8.49. The molecule has 13 heavy (non-hydrogen) atoms. The lowest BCUT2D eigenvalue weighted by molar-refractivity contribution is 0.0917. The lowest BCUT2D eigenvalue weighted by Crippen LogP contribution is -2.56. The molecular weight excluding hydrogens is 162 g/mol. The third-order valence-electron chi connectivity index (χ3n) is 3.96. The summed E-state index contributed by atoms with van der Waals surface area (Å²) in [7, 11) is 0. The smallest absolute Gasteiger partial charge is 0.0693 e. The van der Waals surface area contributed by atoms with E-state index in [0.717, 1.165) is 6.42 Å². The second-order valence-electron chi connectivity index (χ2n) is 4.74. The third kappa shape index (κ3) is 1.75. The van der Waals surface area contributed by atoms with E-state index in [2.05, 4.69) is 12.2 Å². The Balaban J connectivity index is 1.88. The highest BCUT2D eigenvalue weighted by Gasteiger charge is 2.39. The van der Waals surface area contributed by atoms with Gasteiger partial charge in [0.25, 0.3) is 0 Å². The molecule has 0 amide bonds. The number of aliphatic hydroxyl groups is 1. The lowest BCUT2D eigenvalue weighted by atomic mass is 9.74. The van der Waals surface area contributed by atoms with Gasteiger partial charge < -0.3 is 10.4 Å². The van der Waals surface area contributed by atoms with Crippen molar-refractivity contribution in [2.75, 3.05) is 0 Å². The minimum Gasteiger partial charge on any atom is -0.392 e. The van der Waals surface area contributed by atoms with Crippen molar-refractivity contribution < 1.29 is 5.11 Å². The highest BCUT2D eigenvalue weighted by Crippen LogP contribution is 2.36. The first-order valence-electron chi connectivity index (χ1n) is 5.71. The Morgan fingerprint density at radius 1 is 1.31 bits per heavy atom. The van der Waals surface area contributed by atoms with E-state index in [4.69, 9.17) is 0 Å². The molecule has 2 rings (SSSR count). The fraction of sp³-hybridized carbons (Fsp3) is 1.00. The van der Waals surface area contributed by atoms with Crippen LogP contribution in [0.2, 0.25) is 0 Å². The van der Waals surface area contributed by atoms with Crippen molar-refractivity contribution in [1.29, 1.82) is 0 Å². The van der Waals surface area contributed by atoms with Gasteiger partial charge in [-0.3, -0.25) is 0 Å². The Hall–Kier alpha value is -0.0800. The molecule has 0 radical (unpaired) electrons. The summed E-state index contributed by atoms with van der Waals surface area (Å²) < 4.78 is 0. The van der Waals surface area contributed by atoms with Crippen molar-refractivity contribution in [1.82, 2.24) is 5.32 Å². The normalized spacial score (nSPS) is 37.4. The number of hydrogen-bond donors (Lipinski definition) is 2. The Bertz CT molecular complexity index is 171. The maximum atomic E-state index is 9.70. The van der Waals surface area contributed by atoms with Crippen LogP contribution in [0, 0.1) is 0 Å². The highest BCUT2D eigenvalue weighted by atomic mass is 16.3. The summed E-state index contributed by atoms with van der Waals surface area (Å²) >= 11 is 0. The van der Waals surface area contributed by atoms with Gasteiger partial charge in [-0.2, -0.15) is 0 Å². The minimum absolute atomic E-state index is 0.0796. The molecule has 76 valence electrons. The van der Waals surface area contributed by atoms with E-state index in [0.29, 0.717) is 11.6 Å². The van der Waals surface area contributed by atoms with E-state index in [1.54, 1.807) is 0 Å². The quantitative estimate of drug-likeness (QED) is 0.699. The fourth-order valence-electron chi connectivity index (χ4n) is 2.71. The Morgan fingerprint density at radius 3 is 2.46 bits per heavy atom. The molecule has 0 aromatic carbocycles. The predicted octanol–water partition coefficient (Wildman–Crippen LogP) is 1.82. The predicted molar refractivity (Wildman–Crippen MR) is 53.7 cm³/mol. The molecule has 0 aliphatic heterocycles. The van der Waals surface area contributed by atoms with Crippen molar-refractivity contribution in [2.24, 2.45) is 0 Å². The van der Waals surface area contributed by atoms with Crippen molar-refractivity contribution >= 4 is 0 Å². The SMILES string of the molecule is CCC1(NC2CCCC2O)CCC1. The van der Waals surface area contributed by atoms with Gasteiger partial charge in [-0.25, -0.2) is 0 Å². The summed E-state index contributed by atoms with van der Waals surface area (Å²) in [6, 6.07) is 0.389. The van der Waals surface area contributed by atoms with Crippen LogP contribution in [0.25, 0.3) is 0 Å². The standard InChI is InChI=1S/C11H21NO/c1-2-11(7-4-8-11)12-9-5-3-6-10(9)13/h9-10,12-13H,2-8H2,1H3. The Labute approximate surface area is 80.7 Å². The fourth-order valence-corrected chi connectivity index (χ4v) is 2.71. The molecule has 2 heteroatoms. The first-order valence-corrected chi connectivity index (χ1v) is 5.71. The van der Waals surface area contributed by atoms with Gasteiger partial charge in [0.05, 0.1) is 6.10 Å². The molecule has 2 aliphatic carbocycles. The van der Waals surface area contributed by atoms with Crippen LogP contribution < -0.4 is 5.32 Å². The summed E-state index contributed by atoms with van der Waals surface area (Å²) in [5.74, 6) is 0. The molecule has 0 heterocycles. The molecule has 0 saturated heterocycles. The van der Waals surface area contributed by atoms with Crippen molar-refractivity contribution in [3.63, 3.8) is 0 Å². The third-order valence-corrected chi connectivity index (χ3v) is 3.96. The van der Waals surface area contributed by atoms with Crippen LogP contribution in [-0.4, -0.2) is 22.8 Å². The molecule has 0 spiro atoms. The van der Waals surface area contributed by atoms with Crippen molar-refractivity contribution in [3.05, 3.63) is 0 Å². The summed E-state index contributed by atoms with van der Waals surface area (Å²) in [5.41, 5.74) is 0.399. The molecule has 2 aliphatic rings. The largest absolute Gasteiger partial charge is 0.392 e. The van der Waals surface area contributed by atoms with Crippen LogP contribution in [0.3, 0.4) is 0 Å². The number of nitrogens with one attached hydrogen (secondary N) is 1. The van der Waals surface area contributed by atoms with Crippen LogP contribution in [-0.2, 0) is 0 Å². The Morgan fingerprint density at radius 2 is 2.08 bits per heavy atom. The molecular formula is C11H21NO. The second-order valence-corrected chi connectivity index (χ2v) is 4.74. The number of hydrogen-bond acceptors (Lipinski definition) is 2. The average Bonchev–Trinajstić information content (AvgIpc) is 2.44. The van der Waals surface area contributed by atoms with Gasteiger partial charge in [-0.05, 0) is 44.9 Å². The molecule has 2 saturated carbocycles. The monoisotopic (exact) mass is 183 g/mol. The van der Waals surface area contributed by atoms with Crippen LogP contribution in [0.4, 0.5) is 0 Å². The topological polar surface area (TPSA) is 32.3 Å². The van der Waals surface area contributed by atoms with Gasteiger partial charge in [0.2, 0.25) is 0 Å². The molecule has 2 N–H and O–H groups in total. The molecule has 0 bridgehead atoms. The zero-order valence-corrected chi connectivity index (χ0v) is 8.55. The number of aliphatic hydroxyl groups excluding tert-OH is 1. The highest BCUT2D eigenvalue weighted by molar-refractivity contribution is 4.99. The maximum absolute atomic E-state index is 9.70. The molecule has 2 unspecified atom stereocenters. The molecule has 0 aromatic heterocycles. The average molecular weight is 183 g/mol. The van der Waals surface area contributed by atoms with E-state index in [-0.39, 0.29) is 6.10 Å². The molecule has 0 aromatic rings. The van der Waals surface area contributed by atoms with Gasteiger partial charge in [0, 0.05) is 11.6 Å². The summed E-state index contributed by atoms with van der Waals surface area (Å²) in [4.78, 5) is 0. The molecule has 2 nitrogen and oxygen atoms in total. The number of rotatable bonds is 3. The van der Waals surface area contributed by atoms with Crippen LogP contribution in [0.5, 0.6) is 0 Å². The van der Waals surface area contributed by atoms with Gasteiger partial charge in [-0.1, -0.05) is 6.92 Å². The van der Waals surface area contributed by atoms with Gasteiger partial charge in [0.1, 0.15) is 0 Å². The summed E-state index contributed by atoms with van der Waals surface area (Å²) in [5, 5.41) is 13.4. The van der Waals surface area contributed by atoms with E-state index in [9.17, 15) is 5.11 Å². The van der Waals surface area contributed by atoms with E-state index >= 15 is 0 Å². The van der Waals surface area contributed by atoms with Crippen LogP contribution in [0.15, 0.2) is 0 Å². The minimum atomic E-state index is -0.0796.